The number of hydrogen-bond acceptors (Lipinski definition) is 1. The standard InChI is InChI=1S/C10H13N.3C2H6.F2/c1-11-8-4-6-9-5-2-3-7-10(9)11;4*1-2/h2-3,5,7H,4,6,8H2,1H3;3*1-2H3;. The smallest absolute Gasteiger partial charge is 0.0396 e. The maximum absolute atomic E-state index is 8.00. The van der Waals surface area contributed by atoms with Crippen LogP contribution < -0.4 is 4.90 Å². The van der Waals surface area contributed by atoms with Crippen LogP contribution in [0.15, 0.2) is 24.3 Å². The molecule has 114 valence electrons. The van der Waals surface area contributed by atoms with Crippen molar-refractivity contribution >= 4 is 5.69 Å². The summed E-state index contributed by atoms with van der Waals surface area (Å²) < 4.78 is 16.0. The van der Waals surface area contributed by atoms with Crippen LogP contribution in [0.5, 0.6) is 0 Å². The second kappa shape index (κ2) is 19.2. The summed E-state index contributed by atoms with van der Waals surface area (Å²) in [5.74, 6) is 0. The Labute approximate surface area is 118 Å². The monoisotopic (exact) mass is 275 g/mol. The summed E-state index contributed by atoms with van der Waals surface area (Å²) in [7, 11) is 2.16. The molecule has 0 saturated heterocycles. The first-order chi connectivity index (χ1) is 9.38. The van der Waals surface area contributed by atoms with Gasteiger partial charge in [0.2, 0.25) is 0 Å². The Balaban J connectivity index is -0.000000278. The largest absolute Gasteiger partial charge is 0.374 e. The van der Waals surface area contributed by atoms with Crippen molar-refractivity contribution in [1.29, 1.82) is 0 Å². The number of nitrogens with zero attached hydrogens (tertiary/aromatic N) is 1. The molecule has 0 saturated carbocycles. The molecule has 0 N–H and O–H groups in total. The van der Waals surface area contributed by atoms with E-state index in [1.807, 2.05) is 41.5 Å². The van der Waals surface area contributed by atoms with Crippen molar-refractivity contribution in [2.24, 2.45) is 0 Å². The molecule has 3 heteroatoms. The van der Waals surface area contributed by atoms with E-state index in [4.69, 9.17) is 9.15 Å². The Morgan fingerprint density at radius 1 is 0.895 bits per heavy atom. The molecule has 1 aliphatic heterocycles. The molecule has 0 amide bonds. The zero-order valence-corrected chi connectivity index (χ0v) is 13.6. The molecule has 0 atom stereocenters. The number of halogens is 2. The third-order valence-corrected chi connectivity index (χ3v) is 2.34. The lowest BCUT2D eigenvalue weighted by Crippen LogP contribution is -2.24. The molecule has 1 aromatic rings. The molecular formula is C16H31F2N. The molecule has 0 spiro atoms. The van der Waals surface area contributed by atoms with E-state index in [0.717, 1.165) is 0 Å². The van der Waals surface area contributed by atoms with Gasteiger partial charge >= 0.3 is 0 Å². The Kier molecular flexibility index (Phi) is 23.3. The Morgan fingerprint density at radius 2 is 1.37 bits per heavy atom. The van der Waals surface area contributed by atoms with Gasteiger partial charge in [-0.3, -0.25) is 0 Å². The number of para-hydroxylation sites is 1. The van der Waals surface area contributed by atoms with E-state index in [2.05, 4.69) is 36.2 Å². The van der Waals surface area contributed by atoms with E-state index in [0.29, 0.717) is 0 Å². The van der Waals surface area contributed by atoms with Gasteiger partial charge < -0.3 is 4.90 Å². The van der Waals surface area contributed by atoms with Crippen LogP contribution in [-0.2, 0) is 6.42 Å². The number of rotatable bonds is 0. The van der Waals surface area contributed by atoms with Gasteiger partial charge in [0.25, 0.3) is 0 Å². The average molecular weight is 275 g/mol. The summed E-state index contributed by atoms with van der Waals surface area (Å²) in [6.45, 7) is 13.2. The highest BCUT2D eigenvalue weighted by atomic mass is 20.0. The van der Waals surface area contributed by atoms with Gasteiger partial charge in [-0.2, -0.15) is 0 Å². The van der Waals surface area contributed by atoms with Crippen molar-refractivity contribution < 1.29 is 9.15 Å². The number of anilines is 1. The number of benzene rings is 1. The van der Waals surface area contributed by atoms with Crippen molar-refractivity contribution in [1.82, 2.24) is 0 Å². The van der Waals surface area contributed by atoms with Gasteiger partial charge in [0, 0.05) is 28.4 Å². The van der Waals surface area contributed by atoms with Gasteiger partial charge in [0.05, 0.1) is 0 Å². The van der Waals surface area contributed by atoms with Crippen molar-refractivity contribution in [3.8, 4) is 0 Å². The van der Waals surface area contributed by atoms with Gasteiger partial charge in [0.1, 0.15) is 0 Å². The van der Waals surface area contributed by atoms with E-state index in [1.165, 1.54) is 30.6 Å². The maximum atomic E-state index is 8.00. The third kappa shape index (κ3) is 9.46. The second-order valence-corrected chi connectivity index (χ2v) is 3.15. The molecule has 0 aliphatic carbocycles. The molecule has 0 fully saturated rings. The van der Waals surface area contributed by atoms with E-state index >= 15 is 0 Å². The molecule has 1 heterocycles. The topological polar surface area (TPSA) is 3.24 Å². The summed E-state index contributed by atoms with van der Waals surface area (Å²) in [4.78, 5) is 2.33. The van der Waals surface area contributed by atoms with Crippen LogP contribution in [0, 0.1) is 0 Å². The minimum atomic E-state index is 1.21. The molecule has 2 rings (SSSR count). The van der Waals surface area contributed by atoms with Gasteiger partial charge in [0.15, 0.2) is 0 Å². The second-order valence-electron chi connectivity index (χ2n) is 3.15. The molecular weight excluding hydrogens is 244 g/mol. The molecule has 0 unspecified atom stereocenters. The first kappa shape index (κ1) is 23.0. The van der Waals surface area contributed by atoms with E-state index < -0.39 is 0 Å². The molecule has 0 radical (unpaired) electrons. The summed E-state index contributed by atoms with van der Waals surface area (Å²) in [5.41, 5.74) is 2.92. The fourth-order valence-corrected chi connectivity index (χ4v) is 1.72. The van der Waals surface area contributed by atoms with Crippen molar-refractivity contribution in [2.75, 3.05) is 18.5 Å². The summed E-state index contributed by atoms with van der Waals surface area (Å²) in [5, 5.41) is 0. The Morgan fingerprint density at radius 3 is 1.84 bits per heavy atom. The van der Waals surface area contributed by atoms with Gasteiger partial charge in [-0.05, 0) is 24.5 Å². The van der Waals surface area contributed by atoms with Crippen LogP contribution in [0.1, 0.15) is 53.5 Å². The fraction of sp³-hybridized carbons (Fsp3) is 0.625. The normalized spacial score (nSPS) is 10.7. The lowest BCUT2D eigenvalue weighted by Gasteiger charge is -2.26. The highest BCUT2D eigenvalue weighted by Crippen LogP contribution is 2.24. The van der Waals surface area contributed by atoms with Crippen molar-refractivity contribution in [3.05, 3.63) is 29.8 Å². The summed E-state index contributed by atoms with van der Waals surface area (Å²) in [6.07, 6.45) is 2.55. The average Bonchev–Trinajstić information content (AvgIpc) is 2.56. The van der Waals surface area contributed by atoms with Crippen LogP contribution in [0.2, 0.25) is 0 Å². The van der Waals surface area contributed by atoms with Crippen LogP contribution in [0.25, 0.3) is 0 Å². The Bertz CT molecular complexity index is 265. The van der Waals surface area contributed by atoms with E-state index in [9.17, 15) is 0 Å². The first-order valence-corrected chi connectivity index (χ1v) is 7.31. The molecule has 1 nitrogen and oxygen atoms in total. The van der Waals surface area contributed by atoms with E-state index in [1.54, 1.807) is 0 Å². The van der Waals surface area contributed by atoms with Crippen LogP contribution in [-0.4, -0.2) is 13.6 Å². The first-order valence-electron chi connectivity index (χ1n) is 7.31. The molecule has 19 heavy (non-hydrogen) atoms. The van der Waals surface area contributed by atoms with Crippen LogP contribution in [0.3, 0.4) is 0 Å². The van der Waals surface area contributed by atoms with Gasteiger partial charge in [-0.1, -0.05) is 59.7 Å². The van der Waals surface area contributed by atoms with E-state index in [-0.39, 0.29) is 0 Å². The van der Waals surface area contributed by atoms with Crippen LogP contribution in [0.4, 0.5) is 14.8 Å². The van der Waals surface area contributed by atoms with Crippen molar-refractivity contribution in [3.63, 3.8) is 0 Å². The highest BCUT2D eigenvalue weighted by molar-refractivity contribution is 5.54. The Hall–Kier alpha value is -1.12. The SMILES string of the molecule is CC.CC.CC.CN1CCCc2ccccc21.FF. The predicted octanol–water partition coefficient (Wildman–Crippen LogP) is 5.99. The van der Waals surface area contributed by atoms with Crippen LogP contribution >= 0.6 is 0 Å². The number of fused-ring (bicyclic) bond motifs is 1. The third-order valence-electron chi connectivity index (χ3n) is 2.34. The minimum absolute atomic E-state index is 1.21. The predicted molar refractivity (Wildman–Crippen MR) is 84.3 cm³/mol. The fourth-order valence-electron chi connectivity index (χ4n) is 1.72. The number of hydrogen-bond donors (Lipinski definition) is 0. The zero-order chi connectivity index (χ0) is 15.7. The lowest BCUT2D eigenvalue weighted by molar-refractivity contribution is 0.108. The molecule has 1 aliphatic rings. The quantitative estimate of drug-likeness (QED) is 0.562. The molecule has 0 aromatic heterocycles. The van der Waals surface area contributed by atoms with Gasteiger partial charge in [-0.15, -0.1) is 0 Å². The minimum Gasteiger partial charge on any atom is -0.374 e. The zero-order valence-electron chi connectivity index (χ0n) is 13.6. The highest BCUT2D eigenvalue weighted by Gasteiger charge is 2.11. The molecule has 0 bridgehead atoms. The summed E-state index contributed by atoms with van der Waals surface area (Å²) >= 11 is 0. The van der Waals surface area contributed by atoms with Crippen molar-refractivity contribution in [2.45, 2.75) is 54.4 Å². The summed E-state index contributed by atoms with van der Waals surface area (Å²) in [6, 6.07) is 8.66. The maximum Gasteiger partial charge on any atom is 0.0396 e. The molecule has 1 aromatic carbocycles. The van der Waals surface area contributed by atoms with Gasteiger partial charge in [-0.25, -0.2) is 0 Å². The number of aryl methyl sites for hydroxylation is 1. The lowest BCUT2D eigenvalue weighted by atomic mass is 10.0.